The van der Waals surface area contributed by atoms with E-state index in [0.29, 0.717) is 12.0 Å². The second-order valence-electron chi connectivity index (χ2n) is 2.95. The molecular formula is C8H14N2. The van der Waals surface area contributed by atoms with Gasteiger partial charge in [0.15, 0.2) is 0 Å². The molecule has 0 radical (unpaired) electrons. The maximum atomic E-state index is 5.69. The molecule has 0 aromatic heterocycles. The van der Waals surface area contributed by atoms with Crippen LogP contribution in [-0.4, -0.2) is 17.6 Å². The number of hydrazine groups is 1. The minimum Gasteiger partial charge on any atom is -0.268 e. The van der Waals surface area contributed by atoms with Crippen LogP contribution in [-0.2, 0) is 0 Å². The third kappa shape index (κ3) is 1.50. The molecule has 0 aromatic rings. The molecule has 10 heavy (non-hydrogen) atoms. The van der Waals surface area contributed by atoms with Gasteiger partial charge in [0.25, 0.3) is 0 Å². The first-order valence-corrected chi connectivity index (χ1v) is 3.67. The van der Waals surface area contributed by atoms with Crippen molar-refractivity contribution in [1.82, 2.24) is 5.01 Å². The average Bonchev–Trinajstić information content (AvgIpc) is 2.13. The zero-order valence-corrected chi connectivity index (χ0v) is 6.59. The van der Waals surface area contributed by atoms with Crippen LogP contribution in [0.25, 0.3) is 0 Å². The summed E-state index contributed by atoms with van der Waals surface area (Å²) in [4.78, 5) is 0. The quantitative estimate of drug-likeness (QED) is 0.392. The third-order valence-electron chi connectivity index (χ3n) is 1.86. The zero-order valence-electron chi connectivity index (χ0n) is 6.59. The first-order valence-electron chi connectivity index (χ1n) is 3.67. The van der Waals surface area contributed by atoms with Gasteiger partial charge in [-0.25, -0.2) is 5.01 Å². The van der Waals surface area contributed by atoms with Gasteiger partial charge in [-0.15, -0.1) is 5.92 Å². The fourth-order valence-corrected chi connectivity index (χ4v) is 1.39. The highest BCUT2D eigenvalue weighted by Gasteiger charge is 2.25. The average molecular weight is 138 g/mol. The SMILES string of the molecule is CC#CC1CC(C)CN1N. The van der Waals surface area contributed by atoms with Crippen molar-refractivity contribution in [2.45, 2.75) is 26.3 Å². The fourth-order valence-electron chi connectivity index (χ4n) is 1.39. The molecule has 2 atom stereocenters. The Morgan fingerprint density at radius 2 is 2.30 bits per heavy atom. The van der Waals surface area contributed by atoms with Crippen molar-refractivity contribution < 1.29 is 0 Å². The summed E-state index contributed by atoms with van der Waals surface area (Å²) in [7, 11) is 0. The Hall–Kier alpha value is -0.520. The lowest BCUT2D eigenvalue weighted by atomic mass is 10.1. The number of nitrogens with two attached hydrogens (primary N) is 1. The van der Waals surface area contributed by atoms with Crippen LogP contribution in [0.3, 0.4) is 0 Å². The Morgan fingerprint density at radius 1 is 1.60 bits per heavy atom. The Labute approximate surface area is 62.4 Å². The van der Waals surface area contributed by atoms with E-state index >= 15 is 0 Å². The molecule has 0 aromatic carbocycles. The number of nitrogens with zero attached hydrogens (tertiary/aromatic N) is 1. The molecule has 1 heterocycles. The molecule has 0 amide bonds. The lowest BCUT2D eigenvalue weighted by Crippen LogP contribution is -2.34. The van der Waals surface area contributed by atoms with Crippen LogP contribution < -0.4 is 5.84 Å². The first kappa shape index (κ1) is 7.59. The predicted octanol–water partition coefficient (Wildman–Crippen LogP) is 0.594. The van der Waals surface area contributed by atoms with E-state index < -0.39 is 0 Å². The normalized spacial score (nSPS) is 33.5. The smallest absolute Gasteiger partial charge is 0.0850 e. The Morgan fingerprint density at radius 3 is 2.70 bits per heavy atom. The van der Waals surface area contributed by atoms with Crippen LogP contribution in [0.2, 0.25) is 0 Å². The summed E-state index contributed by atoms with van der Waals surface area (Å²) in [5, 5.41) is 1.83. The monoisotopic (exact) mass is 138 g/mol. The van der Waals surface area contributed by atoms with E-state index in [1.807, 2.05) is 11.9 Å². The maximum absolute atomic E-state index is 5.69. The summed E-state index contributed by atoms with van der Waals surface area (Å²) < 4.78 is 0. The first-order chi connectivity index (χ1) is 4.74. The molecule has 1 aliphatic rings. The van der Waals surface area contributed by atoms with Crippen LogP contribution in [0.5, 0.6) is 0 Å². The second-order valence-corrected chi connectivity index (χ2v) is 2.95. The van der Waals surface area contributed by atoms with Crippen molar-refractivity contribution in [3.05, 3.63) is 0 Å². The Bertz CT molecular complexity index is 166. The van der Waals surface area contributed by atoms with Crippen molar-refractivity contribution in [1.29, 1.82) is 0 Å². The standard InChI is InChI=1S/C8H14N2/c1-3-4-8-5-7(2)6-10(8)9/h7-8H,5-6,9H2,1-2H3. The lowest BCUT2D eigenvalue weighted by Gasteiger charge is -2.11. The van der Waals surface area contributed by atoms with Gasteiger partial charge in [-0.05, 0) is 19.3 Å². The van der Waals surface area contributed by atoms with Crippen LogP contribution >= 0.6 is 0 Å². The van der Waals surface area contributed by atoms with Gasteiger partial charge in [0.1, 0.15) is 0 Å². The molecule has 56 valence electrons. The topological polar surface area (TPSA) is 29.3 Å². The third-order valence-corrected chi connectivity index (χ3v) is 1.86. The van der Waals surface area contributed by atoms with Crippen LogP contribution in [0.4, 0.5) is 0 Å². The van der Waals surface area contributed by atoms with E-state index in [1.165, 1.54) is 0 Å². The van der Waals surface area contributed by atoms with Crippen molar-refractivity contribution in [2.75, 3.05) is 6.54 Å². The largest absolute Gasteiger partial charge is 0.268 e. The zero-order chi connectivity index (χ0) is 7.56. The molecule has 2 N–H and O–H groups in total. The fraction of sp³-hybridized carbons (Fsp3) is 0.750. The van der Waals surface area contributed by atoms with E-state index in [2.05, 4.69) is 18.8 Å². The molecular weight excluding hydrogens is 124 g/mol. The highest BCUT2D eigenvalue weighted by molar-refractivity contribution is 5.08. The van der Waals surface area contributed by atoms with Crippen molar-refractivity contribution in [3.8, 4) is 11.8 Å². The van der Waals surface area contributed by atoms with Gasteiger partial charge in [-0.1, -0.05) is 12.8 Å². The minimum atomic E-state index is 0.306. The summed E-state index contributed by atoms with van der Waals surface area (Å²) in [6.07, 6.45) is 1.12. The number of hydrogen-bond acceptors (Lipinski definition) is 2. The van der Waals surface area contributed by atoms with Gasteiger partial charge >= 0.3 is 0 Å². The van der Waals surface area contributed by atoms with Crippen LogP contribution in [0.15, 0.2) is 0 Å². The molecule has 2 unspecified atom stereocenters. The molecule has 1 aliphatic heterocycles. The van der Waals surface area contributed by atoms with Gasteiger partial charge in [0, 0.05) is 6.54 Å². The van der Waals surface area contributed by atoms with E-state index in [4.69, 9.17) is 5.84 Å². The Kier molecular flexibility index (Phi) is 2.31. The van der Waals surface area contributed by atoms with Crippen molar-refractivity contribution >= 4 is 0 Å². The van der Waals surface area contributed by atoms with Gasteiger partial charge < -0.3 is 0 Å². The van der Waals surface area contributed by atoms with E-state index in [1.54, 1.807) is 0 Å². The van der Waals surface area contributed by atoms with Crippen molar-refractivity contribution in [2.24, 2.45) is 11.8 Å². The second kappa shape index (κ2) is 3.05. The van der Waals surface area contributed by atoms with E-state index in [9.17, 15) is 0 Å². The number of rotatable bonds is 0. The summed E-state index contributed by atoms with van der Waals surface area (Å²) >= 11 is 0. The molecule has 0 spiro atoms. The highest BCUT2D eigenvalue weighted by atomic mass is 15.4. The molecule has 0 aliphatic carbocycles. The molecule has 2 nitrogen and oxygen atoms in total. The predicted molar refractivity (Wildman–Crippen MR) is 41.9 cm³/mol. The molecule has 1 rings (SSSR count). The summed E-state index contributed by atoms with van der Waals surface area (Å²) in [6.45, 7) is 5.05. The summed E-state index contributed by atoms with van der Waals surface area (Å²) in [5.74, 6) is 12.4. The molecule has 0 saturated carbocycles. The highest BCUT2D eigenvalue weighted by Crippen LogP contribution is 2.18. The summed E-state index contributed by atoms with van der Waals surface area (Å²) in [5.41, 5.74) is 0. The number of hydrogen-bond donors (Lipinski definition) is 1. The van der Waals surface area contributed by atoms with Gasteiger partial charge in [-0.2, -0.15) is 0 Å². The summed E-state index contributed by atoms with van der Waals surface area (Å²) in [6, 6.07) is 0.306. The van der Waals surface area contributed by atoms with Gasteiger partial charge in [0.2, 0.25) is 0 Å². The lowest BCUT2D eigenvalue weighted by molar-refractivity contribution is 0.302. The maximum Gasteiger partial charge on any atom is 0.0850 e. The van der Waals surface area contributed by atoms with E-state index in [0.717, 1.165) is 13.0 Å². The minimum absolute atomic E-state index is 0.306. The van der Waals surface area contributed by atoms with Gasteiger partial charge in [-0.3, -0.25) is 5.84 Å². The van der Waals surface area contributed by atoms with E-state index in [-0.39, 0.29) is 0 Å². The van der Waals surface area contributed by atoms with Crippen LogP contribution in [0, 0.1) is 17.8 Å². The van der Waals surface area contributed by atoms with Gasteiger partial charge in [0.05, 0.1) is 6.04 Å². The Balaban J connectivity index is 2.52. The molecule has 1 fully saturated rings. The molecule has 0 bridgehead atoms. The van der Waals surface area contributed by atoms with Crippen molar-refractivity contribution in [3.63, 3.8) is 0 Å². The molecule has 2 heteroatoms. The van der Waals surface area contributed by atoms with Crippen LogP contribution in [0.1, 0.15) is 20.3 Å². The molecule has 1 saturated heterocycles.